The first-order valence-corrected chi connectivity index (χ1v) is 4.26. The van der Waals surface area contributed by atoms with Gasteiger partial charge in [0.15, 0.2) is 0 Å². The fourth-order valence-corrected chi connectivity index (χ4v) is 1.62. The lowest BCUT2D eigenvalue weighted by Gasteiger charge is -2.21. The van der Waals surface area contributed by atoms with E-state index in [1.54, 1.807) is 6.07 Å². The Balaban J connectivity index is 2.33. The van der Waals surface area contributed by atoms with Crippen molar-refractivity contribution in [2.24, 2.45) is 0 Å². The molecule has 2 rings (SSSR count). The van der Waals surface area contributed by atoms with Crippen molar-refractivity contribution in [1.82, 2.24) is 10.3 Å². The number of aliphatic hydroxyl groups is 1. The van der Waals surface area contributed by atoms with Gasteiger partial charge in [-0.1, -0.05) is 0 Å². The zero-order valence-electron chi connectivity index (χ0n) is 7.13. The predicted octanol–water partition coefficient (Wildman–Crippen LogP) is 0.402. The van der Waals surface area contributed by atoms with Gasteiger partial charge in [0.2, 0.25) is 5.95 Å². The van der Waals surface area contributed by atoms with E-state index < -0.39 is 11.5 Å². The van der Waals surface area contributed by atoms with Crippen molar-refractivity contribution >= 4 is 0 Å². The van der Waals surface area contributed by atoms with Gasteiger partial charge in [-0.05, 0) is 30.7 Å². The molecule has 2 heterocycles. The second-order valence-corrected chi connectivity index (χ2v) is 3.33. The van der Waals surface area contributed by atoms with Crippen molar-refractivity contribution in [2.45, 2.75) is 12.0 Å². The molecule has 1 aromatic rings. The van der Waals surface area contributed by atoms with Gasteiger partial charge >= 0.3 is 0 Å². The molecule has 1 atom stereocenters. The third kappa shape index (κ3) is 1.55. The normalized spacial score (nSPS) is 27.8. The van der Waals surface area contributed by atoms with Crippen LogP contribution in [0.4, 0.5) is 4.39 Å². The maximum Gasteiger partial charge on any atom is 0.213 e. The number of rotatable bonds is 1. The average Bonchev–Trinajstić information content (AvgIpc) is 2.54. The maximum absolute atomic E-state index is 12.7. The van der Waals surface area contributed by atoms with E-state index in [1.807, 2.05) is 0 Å². The molecule has 2 N–H and O–H groups in total. The van der Waals surface area contributed by atoms with Crippen molar-refractivity contribution in [2.75, 3.05) is 13.1 Å². The van der Waals surface area contributed by atoms with Crippen LogP contribution in [0.25, 0.3) is 0 Å². The Morgan fingerprint density at radius 3 is 3.08 bits per heavy atom. The molecule has 13 heavy (non-hydrogen) atoms. The zero-order valence-corrected chi connectivity index (χ0v) is 7.13. The summed E-state index contributed by atoms with van der Waals surface area (Å²) >= 11 is 0. The molecule has 1 aliphatic rings. The van der Waals surface area contributed by atoms with Gasteiger partial charge in [0.05, 0.1) is 0 Å². The molecule has 0 bridgehead atoms. The standard InChI is InChI=1S/C9H11FN2O/c10-8-5-7(1-3-12-8)9(13)2-4-11-6-9/h1,3,5,11,13H,2,4,6H2. The average molecular weight is 182 g/mol. The molecule has 1 aromatic heterocycles. The van der Waals surface area contributed by atoms with E-state index in [0.717, 1.165) is 6.54 Å². The van der Waals surface area contributed by atoms with Crippen LogP contribution in [0, 0.1) is 5.95 Å². The largest absolute Gasteiger partial charge is 0.384 e. The monoisotopic (exact) mass is 182 g/mol. The minimum atomic E-state index is -0.913. The zero-order chi connectivity index (χ0) is 9.31. The van der Waals surface area contributed by atoms with Crippen LogP contribution in [0.2, 0.25) is 0 Å². The summed E-state index contributed by atoms with van der Waals surface area (Å²) in [4.78, 5) is 3.44. The molecular formula is C9H11FN2O. The summed E-state index contributed by atoms with van der Waals surface area (Å²) in [5, 5.41) is 13.1. The van der Waals surface area contributed by atoms with Crippen LogP contribution >= 0.6 is 0 Å². The Bertz CT molecular complexity index is 310. The van der Waals surface area contributed by atoms with Crippen LogP contribution in [0.5, 0.6) is 0 Å². The van der Waals surface area contributed by atoms with Crippen molar-refractivity contribution in [3.8, 4) is 0 Å². The Hall–Kier alpha value is -1.00. The molecule has 4 heteroatoms. The molecule has 0 saturated carbocycles. The highest BCUT2D eigenvalue weighted by Gasteiger charge is 2.33. The van der Waals surface area contributed by atoms with E-state index in [9.17, 15) is 9.50 Å². The number of β-amino-alcohol motifs (C(OH)–C–C–N with tert-alkyl or cyclic N) is 1. The van der Waals surface area contributed by atoms with Crippen LogP contribution in [0.3, 0.4) is 0 Å². The SMILES string of the molecule is OC1(c2ccnc(F)c2)CCNC1. The van der Waals surface area contributed by atoms with Crippen LogP contribution < -0.4 is 5.32 Å². The molecule has 1 unspecified atom stereocenters. The first-order valence-electron chi connectivity index (χ1n) is 4.26. The molecule has 70 valence electrons. The van der Waals surface area contributed by atoms with Gasteiger partial charge in [-0.3, -0.25) is 0 Å². The summed E-state index contributed by atoms with van der Waals surface area (Å²) < 4.78 is 12.7. The van der Waals surface area contributed by atoms with E-state index in [2.05, 4.69) is 10.3 Å². The molecule has 1 aliphatic heterocycles. The molecule has 0 amide bonds. The van der Waals surface area contributed by atoms with Crippen LogP contribution in [0.15, 0.2) is 18.3 Å². The van der Waals surface area contributed by atoms with Gasteiger partial charge in [-0.2, -0.15) is 4.39 Å². The molecule has 3 nitrogen and oxygen atoms in total. The third-order valence-electron chi connectivity index (χ3n) is 2.40. The quantitative estimate of drug-likeness (QED) is 0.618. The number of hydrogen-bond donors (Lipinski definition) is 2. The summed E-state index contributed by atoms with van der Waals surface area (Å²) in [5.41, 5.74) is -0.311. The number of halogens is 1. The summed E-state index contributed by atoms with van der Waals surface area (Å²) in [6, 6.07) is 2.93. The second kappa shape index (κ2) is 3.05. The summed E-state index contributed by atoms with van der Waals surface area (Å²) in [6.07, 6.45) is 2.00. The van der Waals surface area contributed by atoms with E-state index in [1.165, 1.54) is 12.3 Å². The summed E-state index contributed by atoms with van der Waals surface area (Å²) in [7, 11) is 0. The van der Waals surface area contributed by atoms with E-state index in [-0.39, 0.29) is 0 Å². The highest BCUT2D eigenvalue weighted by atomic mass is 19.1. The Labute approximate surface area is 75.6 Å². The van der Waals surface area contributed by atoms with Gasteiger partial charge in [-0.25, -0.2) is 4.98 Å². The molecule has 0 spiro atoms. The highest BCUT2D eigenvalue weighted by molar-refractivity contribution is 5.21. The summed E-state index contributed by atoms with van der Waals surface area (Å²) in [6.45, 7) is 1.25. The van der Waals surface area contributed by atoms with E-state index in [0.29, 0.717) is 18.5 Å². The fraction of sp³-hybridized carbons (Fsp3) is 0.444. The maximum atomic E-state index is 12.7. The number of hydrogen-bond acceptors (Lipinski definition) is 3. The minimum Gasteiger partial charge on any atom is -0.384 e. The highest BCUT2D eigenvalue weighted by Crippen LogP contribution is 2.27. The Morgan fingerprint density at radius 1 is 1.62 bits per heavy atom. The van der Waals surface area contributed by atoms with Crippen molar-refractivity contribution in [3.63, 3.8) is 0 Å². The fourth-order valence-electron chi connectivity index (χ4n) is 1.62. The molecule has 0 aromatic carbocycles. The topological polar surface area (TPSA) is 45.2 Å². The van der Waals surface area contributed by atoms with Crippen molar-refractivity contribution < 1.29 is 9.50 Å². The van der Waals surface area contributed by atoms with E-state index in [4.69, 9.17) is 0 Å². The van der Waals surface area contributed by atoms with Gasteiger partial charge in [0, 0.05) is 12.7 Å². The predicted molar refractivity (Wildman–Crippen MR) is 45.6 cm³/mol. The number of pyridine rings is 1. The minimum absolute atomic E-state index is 0.483. The number of nitrogens with zero attached hydrogens (tertiary/aromatic N) is 1. The first-order chi connectivity index (χ1) is 6.21. The van der Waals surface area contributed by atoms with Crippen LogP contribution in [-0.2, 0) is 5.60 Å². The molecule has 1 fully saturated rings. The van der Waals surface area contributed by atoms with E-state index >= 15 is 0 Å². The van der Waals surface area contributed by atoms with Gasteiger partial charge in [-0.15, -0.1) is 0 Å². The van der Waals surface area contributed by atoms with Gasteiger partial charge in [0.1, 0.15) is 5.60 Å². The second-order valence-electron chi connectivity index (χ2n) is 3.33. The van der Waals surface area contributed by atoms with Gasteiger partial charge in [0.25, 0.3) is 0 Å². The lowest BCUT2D eigenvalue weighted by Crippen LogP contribution is -2.28. The van der Waals surface area contributed by atoms with Crippen LogP contribution in [-0.4, -0.2) is 23.2 Å². The molecule has 0 radical (unpaired) electrons. The summed E-state index contributed by atoms with van der Waals surface area (Å²) in [5.74, 6) is -0.544. The van der Waals surface area contributed by atoms with Crippen molar-refractivity contribution in [3.05, 3.63) is 29.8 Å². The lowest BCUT2D eigenvalue weighted by molar-refractivity contribution is 0.0582. The molecule has 1 saturated heterocycles. The Kier molecular flexibility index (Phi) is 2.01. The Morgan fingerprint density at radius 2 is 2.46 bits per heavy atom. The molecule has 0 aliphatic carbocycles. The first kappa shape index (κ1) is 8.59. The third-order valence-corrected chi connectivity index (χ3v) is 2.40. The smallest absolute Gasteiger partial charge is 0.213 e. The molecular weight excluding hydrogens is 171 g/mol. The number of nitrogens with one attached hydrogen (secondary N) is 1. The van der Waals surface area contributed by atoms with Crippen LogP contribution in [0.1, 0.15) is 12.0 Å². The van der Waals surface area contributed by atoms with Crippen molar-refractivity contribution in [1.29, 1.82) is 0 Å². The lowest BCUT2D eigenvalue weighted by atomic mass is 9.94. The van der Waals surface area contributed by atoms with Gasteiger partial charge < -0.3 is 10.4 Å². The number of aromatic nitrogens is 1.